The van der Waals surface area contributed by atoms with Gasteiger partial charge in [0.05, 0.1) is 15.4 Å². The molecule has 2 aromatic heterocycles. The molecule has 0 spiro atoms. The number of rotatable bonds is 2. The molecule has 0 aliphatic rings. The Labute approximate surface area is 87.8 Å². The van der Waals surface area contributed by atoms with Gasteiger partial charge in [-0.05, 0) is 12.1 Å². The quantitative estimate of drug-likeness (QED) is 0.860. The molecular weight excluding hydrogens is 226 g/mol. The first-order valence-corrected chi connectivity index (χ1v) is 4.81. The van der Waals surface area contributed by atoms with Gasteiger partial charge in [0, 0.05) is 0 Å². The van der Waals surface area contributed by atoms with Crippen molar-refractivity contribution < 1.29 is 14.3 Å². The van der Waals surface area contributed by atoms with Crippen molar-refractivity contribution in [2.75, 3.05) is 0 Å². The molecule has 2 heterocycles. The van der Waals surface area contributed by atoms with Gasteiger partial charge in [-0.2, -0.15) is 0 Å². The summed E-state index contributed by atoms with van der Waals surface area (Å²) in [7, 11) is 0. The highest BCUT2D eigenvalue weighted by Gasteiger charge is 2.13. The van der Waals surface area contributed by atoms with E-state index in [0.717, 1.165) is 0 Å². The predicted molar refractivity (Wildman–Crippen MR) is 51.8 cm³/mol. The Balaban J connectivity index is 2.38. The Morgan fingerprint density at radius 1 is 1.57 bits per heavy atom. The monoisotopic (exact) mass is 229 g/mol. The van der Waals surface area contributed by atoms with Gasteiger partial charge in [0.2, 0.25) is 11.7 Å². The van der Waals surface area contributed by atoms with Gasteiger partial charge < -0.3 is 9.52 Å². The highest BCUT2D eigenvalue weighted by atomic mass is 35.5. The molecule has 1 N–H and O–H groups in total. The Morgan fingerprint density at radius 2 is 2.36 bits per heavy atom. The third-order valence-corrected chi connectivity index (χ3v) is 2.72. The lowest BCUT2D eigenvalue weighted by Crippen LogP contribution is -1.91. The van der Waals surface area contributed by atoms with Crippen LogP contribution in [0, 0.1) is 0 Å². The molecule has 0 saturated heterocycles. The zero-order chi connectivity index (χ0) is 10.1. The zero-order valence-corrected chi connectivity index (χ0v) is 8.30. The van der Waals surface area contributed by atoms with E-state index in [4.69, 9.17) is 21.1 Å². The van der Waals surface area contributed by atoms with E-state index in [-0.39, 0.29) is 11.7 Å². The first-order chi connectivity index (χ1) is 6.66. The first-order valence-electron chi connectivity index (χ1n) is 3.61. The number of hydrogen-bond donors (Lipinski definition) is 1. The molecule has 0 bridgehead atoms. The number of nitrogens with zero attached hydrogens (tertiary/aromatic N) is 1. The molecule has 0 fully saturated rings. The second-order valence-electron chi connectivity index (χ2n) is 2.44. The van der Waals surface area contributed by atoms with Crippen LogP contribution in [0.1, 0.15) is 10.6 Å². The summed E-state index contributed by atoms with van der Waals surface area (Å²) in [5, 5.41) is 8.59. The van der Waals surface area contributed by atoms with Gasteiger partial charge in [0.15, 0.2) is 0 Å². The minimum absolute atomic E-state index is 0.176. The third kappa shape index (κ3) is 1.64. The summed E-state index contributed by atoms with van der Waals surface area (Å²) in [5.41, 5.74) is 0. The summed E-state index contributed by atoms with van der Waals surface area (Å²) >= 11 is 6.99. The summed E-state index contributed by atoms with van der Waals surface area (Å²) in [5.74, 6) is -1.03. The average Bonchev–Trinajstić information content (AvgIpc) is 2.70. The number of hydrogen-bond acceptors (Lipinski definition) is 4. The summed E-state index contributed by atoms with van der Waals surface area (Å²) in [6.07, 6.45) is 1.17. The Kier molecular flexibility index (Phi) is 2.26. The van der Waals surface area contributed by atoms with Crippen molar-refractivity contribution in [3.8, 4) is 10.8 Å². The van der Waals surface area contributed by atoms with E-state index in [9.17, 15) is 4.79 Å². The topological polar surface area (TPSA) is 63.3 Å². The maximum atomic E-state index is 10.5. The summed E-state index contributed by atoms with van der Waals surface area (Å²) < 4.78 is 5.59. The molecule has 0 amide bonds. The third-order valence-electron chi connectivity index (χ3n) is 1.50. The van der Waals surface area contributed by atoms with Crippen LogP contribution >= 0.6 is 22.9 Å². The van der Waals surface area contributed by atoms with Crippen LogP contribution in [0.15, 0.2) is 22.7 Å². The van der Waals surface area contributed by atoms with Crippen molar-refractivity contribution in [3.63, 3.8) is 0 Å². The standard InChI is InChI=1S/C8H4ClNO3S/c9-6-2-1-5(14-6)7-10-3-4(13-7)8(11)12/h1-3H,(H,11,12). The van der Waals surface area contributed by atoms with Crippen molar-refractivity contribution in [2.45, 2.75) is 0 Å². The smallest absolute Gasteiger partial charge is 0.373 e. The number of oxazole rings is 1. The predicted octanol–water partition coefficient (Wildman–Crippen LogP) is 2.75. The molecule has 4 nitrogen and oxygen atoms in total. The highest BCUT2D eigenvalue weighted by Crippen LogP contribution is 2.30. The van der Waals surface area contributed by atoms with Gasteiger partial charge >= 0.3 is 5.97 Å². The van der Waals surface area contributed by atoms with E-state index in [1.165, 1.54) is 17.5 Å². The lowest BCUT2D eigenvalue weighted by molar-refractivity contribution is 0.0663. The molecule has 6 heteroatoms. The van der Waals surface area contributed by atoms with Crippen molar-refractivity contribution in [3.05, 3.63) is 28.4 Å². The fourth-order valence-corrected chi connectivity index (χ4v) is 1.89. The second-order valence-corrected chi connectivity index (χ2v) is 4.15. The highest BCUT2D eigenvalue weighted by molar-refractivity contribution is 7.19. The number of carbonyl (C=O) groups is 1. The van der Waals surface area contributed by atoms with Gasteiger partial charge in [0.1, 0.15) is 0 Å². The van der Waals surface area contributed by atoms with Crippen molar-refractivity contribution in [1.82, 2.24) is 4.98 Å². The molecule has 14 heavy (non-hydrogen) atoms. The van der Waals surface area contributed by atoms with Gasteiger partial charge in [-0.25, -0.2) is 9.78 Å². The molecular formula is C8H4ClNO3S. The Bertz CT molecular complexity index is 476. The van der Waals surface area contributed by atoms with E-state index in [1.807, 2.05) is 0 Å². The Morgan fingerprint density at radius 3 is 2.86 bits per heavy atom. The minimum atomic E-state index is -1.13. The molecule has 0 saturated carbocycles. The van der Waals surface area contributed by atoms with Crippen molar-refractivity contribution >= 4 is 28.9 Å². The van der Waals surface area contributed by atoms with Crippen LogP contribution in [0.3, 0.4) is 0 Å². The van der Waals surface area contributed by atoms with Gasteiger partial charge in [-0.15, -0.1) is 11.3 Å². The second kappa shape index (κ2) is 3.43. The molecule has 2 rings (SSSR count). The fraction of sp³-hybridized carbons (Fsp3) is 0. The number of thiophene rings is 1. The molecule has 0 radical (unpaired) electrons. The maximum Gasteiger partial charge on any atom is 0.373 e. The lowest BCUT2D eigenvalue weighted by atomic mass is 10.5. The van der Waals surface area contributed by atoms with Crippen LogP contribution in [0.5, 0.6) is 0 Å². The summed E-state index contributed by atoms with van der Waals surface area (Å²) in [4.78, 5) is 15.0. The zero-order valence-electron chi connectivity index (χ0n) is 6.73. The summed E-state index contributed by atoms with van der Waals surface area (Å²) in [6, 6.07) is 3.43. The van der Waals surface area contributed by atoms with Crippen LogP contribution in [-0.2, 0) is 0 Å². The molecule has 0 aromatic carbocycles. The van der Waals surface area contributed by atoms with Crippen molar-refractivity contribution in [1.29, 1.82) is 0 Å². The number of carboxylic acid groups (broad SMARTS) is 1. The first kappa shape index (κ1) is 9.23. The van der Waals surface area contributed by atoms with E-state index < -0.39 is 5.97 Å². The van der Waals surface area contributed by atoms with Gasteiger partial charge in [-0.3, -0.25) is 0 Å². The maximum absolute atomic E-state index is 10.5. The largest absolute Gasteiger partial charge is 0.475 e. The SMILES string of the molecule is O=C(O)c1cnc(-c2ccc(Cl)s2)o1. The number of halogens is 1. The van der Waals surface area contributed by atoms with Crippen LogP contribution in [-0.4, -0.2) is 16.1 Å². The lowest BCUT2D eigenvalue weighted by Gasteiger charge is -1.86. The van der Waals surface area contributed by atoms with E-state index in [0.29, 0.717) is 9.21 Å². The van der Waals surface area contributed by atoms with Gasteiger partial charge in [-0.1, -0.05) is 11.6 Å². The molecule has 0 aliphatic heterocycles. The molecule has 72 valence electrons. The normalized spacial score (nSPS) is 10.4. The molecule has 0 aliphatic carbocycles. The van der Waals surface area contributed by atoms with Crippen LogP contribution in [0.25, 0.3) is 10.8 Å². The van der Waals surface area contributed by atoms with E-state index in [2.05, 4.69) is 4.98 Å². The number of carboxylic acids is 1. The Hall–Kier alpha value is -1.33. The summed E-state index contributed by atoms with van der Waals surface area (Å²) in [6.45, 7) is 0. The number of aromatic nitrogens is 1. The number of aromatic carboxylic acids is 1. The molecule has 0 unspecified atom stereocenters. The molecule has 0 atom stereocenters. The van der Waals surface area contributed by atoms with E-state index in [1.54, 1.807) is 12.1 Å². The molecule has 2 aromatic rings. The fourth-order valence-electron chi connectivity index (χ4n) is 0.916. The van der Waals surface area contributed by atoms with Gasteiger partial charge in [0.25, 0.3) is 0 Å². The average molecular weight is 230 g/mol. The minimum Gasteiger partial charge on any atom is -0.475 e. The van der Waals surface area contributed by atoms with E-state index >= 15 is 0 Å². The van der Waals surface area contributed by atoms with Crippen molar-refractivity contribution in [2.24, 2.45) is 0 Å². The van der Waals surface area contributed by atoms with Crippen LogP contribution in [0.2, 0.25) is 4.34 Å². The van der Waals surface area contributed by atoms with Crippen LogP contribution < -0.4 is 0 Å². The van der Waals surface area contributed by atoms with Crippen LogP contribution in [0.4, 0.5) is 0 Å².